The van der Waals surface area contributed by atoms with Gasteiger partial charge < -0.3 is 0 Å². The standard InChI is InChI=1S/C18H10BrCl2N5O2/c1-10-5-11(8-22)6-12(17(21)28)16(10)25(9-27)15-7-14(19)24-26(15)18-13(20)3-2-4-23-18/h2-7,9H,1H3. The van der Waals surface area contributed by atoms with E-state index in [9.17, 15) is 9.59 Å². The van der Waals surface area contributed by atoms with Gasteiger partial charge in [-0.05, 0) is 64.3 Å². The average molecular weight is 479 g/mol. The van der Waals surface area contributed by atoms with Crippen LogP contribution in [0.15, 0.2) is 41.1 Å². The smallest absolute Gasteiger partial charge is 0.254 e. The van der Waals surface area contributed by atoms with Crippen LogP contribution in [0.2, 0.25) is 5.02 Å². The fraction of sp³-hybridized carbons (Fsp3) is 0.0556. The fourth-order valence-electron chi connectivity index (χ4n) is 2.74. The molecule has 0 bridgehead atoms. The number of amides is 1. The van der Waals surface area contributed by atoms with E-state index in [1.54, 1.807) is 31.2 Å². The molecule has 140 valence electrons. The van der Waals surface area contributed by atoms with Crippen LogP contribution >= 0.6 is 39.1 Å². The van der Waals surface area contributed by atoms with E-state index in [0.717, 1.165) is 0 Å². The lowest BCUT2D eigenvalue weighted by molar-refractivity contribution is -0.106. The molecule has 3 aromatic rings. The highest BCUT2D eigenvalue weighted by Gasteiger charge is 2.25. The Kier molecular flexibility index (Phi) is 5.79. The van der Waals surface area contributed by atoms with Gasteiger partial charge in [0.2, 0.25) is 6.41 Å². The van der Waals surface area contributed by atoms with Crippen LogP contribution in [0.3, 0.4) is 0 Å². The molecule has 0 aliphatic rings. The quantitative estimate of drug-likeness (QED) is 0.396. The molecule has 0 saturated heterocycles. The zero-order valence-corrected chi connectivity index (χ0v) is 17.3. The Morgan fingerprint density at radius 3 is 2.75 bits per heavy atom. The SMILES string of the molecule is Cc1cc(C#N)cc(C(=O)Cl)c1N(C=O)c1cc(Br)nn1-c1ncccc1Cl. The molecule has 0 aliphatic carbocycles. The molecular weight excluding hydrogens is 469 g/mol. The molecule has 28 heavy (non-hydrogen) atoms. The van der Waals surface area contributed by atoms with Gasteiger partial charge in [-0.15, -0.1) is 0 Å². The lowest BCUT2D eigenvalue weighted by atomic mass is 10.0. The number of anilines is 2. The van der Waals surface area contributed by atoms with E-state index in [4.69, 9.17) is 28.5 Å². The number of rotatable bonds is 5. The van der Waals surface area contributed by atoms with Crippen molar-refractivity contribution in [1.29, 1.82) is 5.26 Å². The Morgan fingerprint density at radius 2 is 2.14 bits per heavy atom. The summed E-state index contributed by atoms with van der Waals surface area (Å²) in [5.41, 5.74) is 1.00. The van der Waals surface area contributed by atoms with Gasteiger partial charge in [-0.25, -0.2) is 4.98 Å². The van der Waals surface area contributed by atoms with Crippen LogP contribution in [0.4, 0.5) is 11.5 Å². The fourth-order valence-corrected chi connectivity index (χ4v) is 3.45. The number of pyridine rings is 1. The van der Waals surface area contributed by atoms with Crippen LogP contribution in [-0.4, -0.2) is 26.4 Å². The number of hydrogen-bond donors (Lipinski definition) is 0. The minimum Gasteiger partial charge on any atom is -0.278 e. The van der Waals surface area contributed by atoms with Gasteiger partial charge in [0.1, 0.15) is 10.4 Å². The summed E-state index contributed by atoms with van der Waals surface area (Å²) in [6.45, 7) is 1.67. The van der Waals surface area contributed by atoms with Crippen molar-refractivity contribution in [2.75, 3.05) is 4.90 Å². The second-order valence-corrected chi connectivity index (χ2v) is 7.16. The predicted octanol–water partition coefficient (Wildman–Crippen LogP) is 4.54. The lowest BCUT2D eigenvalue weighted by Gasteiger charge is -2.22. The van der Waals surface area contributed by atoms with Crippen molar-refractivity contribution < 1.29 is 9.59 Å². The molecule has 0 spiro atoms. The van der Waals surface area contributed by atoms with Crippen LogP contribution in [0.5, 0.6) is 0 Å². The zero-order chi connectivity index (χ0) is 20.4. The largest absolute Gasteiger partial charge is 0.278 e. The summed E-state index contributed by atoms with van der Waals surface area (Å²) in [7, 11) is 0. The van der Waals surface area contributed by atoms with E-state index in [1.807, 2.05) is 6.07 Å². The van der Waals surface area contributed by atoms with Crippen molar-refractivity contribution in [3.05, 3.63) is 62.8 Å². The molecule has 0 fully saturated rings. The molecule has 3 rings (SSSR count). The van der Waals surface area contributed by atoms with Crippen molar-refractivity contribution in [3.63, 3.8) is 0 Å². The lowest BCUT2D eigenvalue weighted by Crippen LogP contribution is -2.22. The molecule has 7 nitrogen and oxygen atoms in total. The number of carbonyl (C=O) groups excluding carboxylic acids is 2. The highest BCUT2D eigenvalue weighted by molar-refractivity contribution is 9.10. The van der Waals surface area contributed by atoms with E-state index < -0.39 is 5.24 Å². The number of nitrogens with zero attached hydrogens (tertiary/aromatic N) is 5. The van der Waals surface area contributed by atoms with Gasteiger partial charge in [-0.3, -0.25) is 14.5 Å². The minimum atomic E-state index is -0.803. The third-order valence-corrected chi connectivity index (χ3v) is 4.72. The summed E-state index contributed by atoms with van der Waals surface area (Å²) in [6, 6.07) is 9.72. The van der Waals surface area contributed by atoms with Crippen LogP contribution in [0.1, 0.15) is 21.5 Å². The van der Waals surface area contributed by atoms with Crippen LogP contribution in [-0.2, 0) is 4.79 Å². The summed E-state index contributed by atoms with van der Waals surface area (Å²) in [5, 5.41) is 13.0. The number of carbonyl (C=O) groups is 2. The third kappa shape index (κ3) is 3.64. The van der Waals surface area contributed by atoms with Crippen LogP contribution < -0.4 is 4.90 Å². The molecule has 2 heterocycles. The van der Waals surface area contributed by atoms with Gasteiger partial charge in [0.25, 0.3) is 5.24 Å². The Bertz CT molecular complexity index is 1140. The van der Waals surface area contributed by atoms with Crippen molar-refractivity contribution >= 4 is 62.3 Å². The van der Waals surface area contributed by atoms with E-state index in [-0.39, 0.29) is 22.6 Å². The number of halogens is 3. The normalized spacial score (nSPS) is 10.4. The zero-order valence-electron chi connectivity index (χ0n) is 14.2. The van der Waals surface area contributed by atoms with E-state index in [1.165, 1.54) is 21.8 Å². The van der Waals surface area contributed by atoms with E-state index in [0.29, 0.717) is 27.4 Å². The number of nitriles is 1. The number of hydrogen-bond acceptors (Lipinski definition) is 5. The Labute approximate surface area is 178 Å². The van der Waals surface area contributed by atoms with Gasteiger partial charge in [-0.2, -0.15) is 15.0 Å². The van der Waals surface area contributed by atoms with E-state index in [2.05, 4.69) is 26.0 Å². The number of aryl methyl sites for hydroxylation is 1. The van der Waals surface area contributed by atoms with Gasteiger partial charge in [0, 0.05) is 12.3 Å². The molecule has 1 amide bonds. The van der Waals surface area contributed by atoms with E-state index >= 15 is 0 Å². The molecule has 10 heteroatoms. The minimum absolute atomic E-state index is 0.0151. The molecule has 0 saturated carbocycles. The first-order valence-electron chi connectivity index (χ1n) is 7.73. The summed E-state index contributed by atoms with van der Waals surface area (Å²) >= 11 is 15.2. The first-order chi connectivity index (χ1) is 13.4. The second-order valence-electron chi connectivity index (χ2n) is 5.60. The Balaban J connectivity index is 2.28. The second kappa shape index (κ2) is 8.10. The topological polar surface area (TPSA) is 91.9 Å². The van der Waals surface area contributed by atoms with Gasteiger partial charge in [-0.1, -0.05) is 11.6 Å². The Morgan fingerprint density at radius 1 is 1.39 bits per heavy atom. The molecular formula is C18H10BrCl2N5O2. The van der Waals surface area contributed by atoms with Crippen molar-refractivity contribution in [2.24, 2.45) is 0 Å². The van der Waals surface area contributed by atoms with Gasteiger partial charge in [0.05, 0.1) is 27.9 Å². The van der Waals surface area contributed by atoms with Crippen molar-refractivity contribution in [3.8, 4) is 11.9 Å². The van der Waals surface area contributed by atoms with Gasteiger partial charge in [0.15, 0.2) is 5.82 Å². The van der Waals surface area contributed by atoms with Gasteiger partial charge >= 0.3 is 0 Å². The maximum atomic E-state index is 12.1. The van der Waals surface area contributed by atoms with Crippen molar-refractivity contribution in [1.82, 2.24) is 14.8 Å². The first kappa shape index (κ1) is 20.0. The molecule has 0 unspecified atom stereocenters. The highest BCUT2D eigenvalue weighted by atomic mass is 79.9. The number of benzene rings is 1. The molecule has 0 radical (unpaired) electrons. The summed E-state index contributed by atoms with van der Waals surface area (Å²) < 4.78 is 1.78. The maximum Gasteiger partial charge on any atom is 0.254 e. The summed E-state index contributed by atoms with van der Waals surface area (Å²) in [4.78, 5) is 29.5. The number of aromatic nitrogens is 3. The summed E-state index contributed by atoms with van der Waals surface area (Å²) in [6.07, 6.45) is 2.06. The third-order valence-electron chi connectivity index (χ3n) is 3.83. The molecule has 2 aromatic heterocycles. The Hall–Kier alpha value is -2.73. The van der Waals surface area contributed by atoms with Crippen LogP contribution in [0, 0.1) is 18.3 Å². The van der Waals surface area contributed by atoms with Crippen LogP contribution in [0.25, 0.3) is 5.82 Å². The summed E-state index contributed by atoms with van der Waals surface area (Å²) in [5.74, 6) is 0.566. The highest BCUT2D eigenvalue weighted by Crippen LogP contribution is 2.35. The maximum absolute atomic E-state index is 12.1. The molecule has 1 aromatic carbocycles. The monoisotopic (exact) mass is 477 g/mol. The molecule has 0 N–H and O–H groups in total. The average Bonchev–Trinajstić information content (AvgIpc) is 3.04. The van der Waals surface area contributed by atoms with Crippen molar-refractivity contribution in [2.45, 2.75) is 6.92 Å². The molecule has 0 aliphatic heterocycles. The predicted molar refractivity (Wildman–Crippen MR) is 108 cm³/mol. The first-order valence-corrected chi connectivity index (χ1v) is 9.27. The molecule has 0 atom stereocenters.